The topological polar surface area (TPSA) is 106 Å². The van der Waals surface area contributed by atoms with E-state index in [-0.39, 0.29) is 19.4 Å². The summed E-state index contributed by atoms with van der Waals surface area (Å²) in [6, 6.07) is 11.1. The van der Waals surface area contributed by atoms with Gasteiger partial charge in [-0.1, -0.05) is 49.0 Å². The van der Waals surface area contributed by atoms with E-state index in [1.54, 1.807) is 6.07 Å². The van der Waals surface area contributed by atoms with Crippen molar-refractivity contribution in [1.29, 1.82) is 0 Å². The number of ether oxygens (including phenoxy) is 4. The highest BCUT2D eigenvalue weighted by molar-refractivity contribution is 6.62. The van der Waals surface area contributed by atoms with Crippen LogP contribution in [0, 0.1) is 0 Å². The zero-order valence-electron chi connectivity index (χ0n) is 25.0. The van der Waals surface area contributed by atoms with Gasteiger partial charge in [0.05, 0.1) is 35.1 Å². The molecule has 3 saturated heterocycles. The van der Waals surface area contributed by atoms with Gasteiger partial charge < -0.3 is 33.4 Å². The van der Waals surface area contributed by atoms with E-state index in [0.29, 0.717) is 41.1 Å². The number of rotatable bonds is 9. The SMILES string of the molecule is C[SiH](C)CCOCn1c(O[C@@H]2CO[C@H]3[C@@H]2OC[C@H]3O)nc2cc(Cl)c(-c3ccc(B4OC(C)(C)C(C)(C)O4)cc3)nc21. The number of halogens is 1. The number of hydrogen-bond acceptors (Lipinski definition) is 9. The Bertz CT molecular complexity index is 1420. The maximum atomic E-state index is 10.2. The van der Waals surface area contributed by atoms with Crippen LogP contribution in [0.2, 0.25) is 24.2 Å². The minimum atomic E-state index is -0.760. The summed E-state index contributed by atoms with van der Waals surface area (Å²) in [5, 5.41) is 10.6. The first-order valence-corrected chi connectivity index (χ1v) is 18.1. The zero-order chi connectivity index (χ0) is 29.8. The molecular weight excluding hydrogens is 577 g/mol. The molecule has 42 heavy (non-hydrogen) atoms. The molecule has 0 saturated carbocycles. The second-order valence-electron chi connectivity index (χ2n) is 12.7. The van der Waals surface area contributed by atoms with Crippen LogP contribution in [0.1, 0.15) is 27.7 Å². The molecule has 0 amide bonds. The molecule has 0 unspecified atom stereocenters. The van der Waals surface area contributed by atoms with E-state index >= 15 is 0 Å². The van der Waals surface area contributed by atoms with Gasteiger partial charge >= 0.3 is 13.1 Å². The molecule has 3 fully saturated rings. The third-order valence-corrected chi connectivity index (χ3v) is 10.3. The molecule has 2 aromatic heterocycles. The highest BCUT2D eigenvalue weighted by atomic mass is 35.5. The molecule has 1 N–H and O–H groups in total. The minimum Gasteiger partial charge on any atom is -0.456 e. The Morgan fingerprint density at radius 1 is 1.05 bits per heavy atom. The molecule has 3 aliphatic heterocycles. The number of fused-ring (bicyclic) bond motifs is 2. The summed E-state index contributed by atoms with van der Waals surface area (Å²) in [5.74, 6) is 0. The number of pyridine rings is 1. The number of aliphatic hydroxyl groups excluding tert-OH is 1. The molecule has 13 heteroatoms. The second-order valence-corrected chi connectivity index (χ2v) is 16.5. The third kappa shape index (κ3) is 5.64. The van der Waals surface area contributed by atoms with Gasteiger partial charge in [-0.15, -0.1) is 0 Å². The molecule has 4 atom stereocenters. The van der Waals surface area contributed by atoms with Crippen molar-refractivity contribution in [2.45, 2.75) is 89.2 Å². The fourth-order valence-corrected chi connectivity index (χ4v) is 6.24. The standard InChI is InChI=1S/C29H39BClN3O7Si/c1-28(2)29(3,4)41-30(40-28)18-9-7-17(8-10-18)23-19(31)13-20-26(33-23)34(16-36-11-12-42(5)6)27(32-20)39-22-15-38-24-21(35)14-37-25(22)24/h7-10,13,21-22,24-25,35,42H,11-12,14-16H2,1-6H3/t21-,22-,24-,25-/m1/s1. The van der Waals surface area contributed by atoms with Crippen LogP contribution >= 0.6 is 11.6 Å². The Labute approximate surface area is 253 Å². The van der Waals surface area contributed by atoms with Crippen molar-refractivity contribution in [3.8, 4) is 17.3 Å². The number of benzene rings is 1. The highest BCUT2D eigenvalue weighted by Gasteiger charge is 2.52. The highest BCUT2D eigenvalue weighted by Crippen LogP contribution is 2.37. The first-order chi connectivity index (χ1) is 19.9. The predicted octanol–water partition coefficient (Wildman–Crippen LogP) is 3.42. The lowest BCUT2D eigenvalue weighted by molar-refractivity contribution is 0.00337. The summed E-state index contributed by atoms with van der Waals surface area (Å²) in [7, 11) is -1.21. The average Bonchev–Trinajstić information content (AvgIpc) is 3.64. The van der Waals surface area contributed by atoms with Crippen LogP contribution in [0.5, 0.6) is 6.01 Å². The zero-order valence-corrected chi connectivity index (χ0v) is 26.9. The van der Waals surface area contributed by atoms with Gasteiger partial charge in [-0.3, -0.25) is 4.57 Å². The number of imidazole rings is 1. The van der Waals surface area contributed by atoms with Crippen LogP contribution in [0.4, 0.5) is 0 Å². The van der Waals surface area contributed by atoms with E-state index in [1.807, 2.05) is 56.5 Å². The van der Waals surface area contributed by atoms with Crippen molar-refractivity contribution < 1.29 is 33.4 Å². The van der Waals surface area contributed by atoms with Gasteiger partial charge in [-0.25, -0.2) is 4.98 Å². The molecule has 0 radical (unpaired) electrons. The summed E-state index contributed by atoms with van der Waals surface area (Å²) < 4.78 is 38.2. The molecular formula is C29H39BClN3O7Si. The number of aromatic nitrogens is 3. The number of hydrogen-bond donors (Lipinski definition) is 1. The minimum absolute atomic E-state index is 0.224. The van der Waals surface area contributed by atoms with Gasteiger partial charge in [0.15, 0.2) is 11.8 Å². The van der Waals surface area contributed by atoms with Crippen LogP contribution in [0.3, 0.4) is 0 Å². The fraction of sp³-hybridized carbons (Fsp3) is 0.586. The normalized spacial score (nSPS) is 26.5. The first kappa shape index (κ1) is 30.0. The van der Waals surface area contributed by atoms with E-state index in [0.717, 1.165) is 17.1 Å². The Morgan fingerprint density at radius 3 is 2.43 bits per heavy atom. The smallest absolute Gasteiger partial charge is 0.456 e. The maximum absolute atomic E-state index is 10.2. The summed E-state index contributed by atoms with van der Waals surface area (Å²) >= 11 is 6.77. The van der Waals surface area contributed by atoms with E-state index in [9.17, 15) is 5.11 Å². The molecule has 226 valence electrons. The van der Waals surface area contributed by atoms with Gasteiger partial charge in [0.25, 0.3) is 0 Å². The van der Waals surface area contributed by atoms with Crippen LogP contribution < -0.4 is 10.2 Å². The number of nitrogens with zero attached hydrogens (tertiary/aromatic N) is 3. The summed E-state index contributed by atoms with van der Waals surface area (Å²) in [6.07, 6.45) is -1.84. The number of aliphatic hydroxyl groups is 1. The van der Waals surface area contributed by atoms with Gasteiger partial charge in [0.2, 0.25) is 0 Å². The molecule has 3 aliphatic rings. The van der Waals surface area contributed by atoms with Gasteiger partial charge in [0.1, 0.15) is 30.6 Å². The van der Waals surface area contributed by atoms with Crippen LogP contribution in [0.15, 0.2) is 30.3 Å². The van der Waals surface area contributed by atoms with Gasteiger partial charge in [0, 0.05) is 21.0 Å². The first-order valence-electron chi connectivity index (χ1n) is 14.6. The van der Waals surface area contributed by atoms with Crippen molar-refractivity contribution in [2.75, 3.05) is 19.8 Å². The van der Waals surface area contributed by atoms with Crippen LogP contribution in [-0.4, -0.2) is 91.0 Å². The Balaban J connectivity index is 1.29. The lowest BCUT2D eigenvalue weighted by Crippen LogP contribution is -2.41. The van der Waals surface area contributed by atoms with Crippen LogP contribution in [0.25, 0.3) is 22.4 Å². The summed E-state index contributed by atoms with van der Waals surface area (Å²) in [5.41, 5.74) is 2.76. The maximum Gasteiger partial charge on any atom is 0.494 e. The molecule has 1 aromatic carbocycles. The summed E-state index contributed by atoms with van der Waals surface area (Å²) in [4.78, 5) is 9.69. The van der Waals surface area contributed by atoms with Crippen molar-refractivity contribution >= 4 is 44.1 Å². The average molecular weight is 616 g/mol. The quantitative estimate of drug-likeness (QED) is 0.286. The monoisotopic (exact) mass is 615 g/mol. The van der Waals surface area contributed by atoms with Gasteiger partial charge in [-0.2, -0.15) is 4.98 Å². The van der Waals surface area contributed by atoms with Gasteiger partial charge in [-0.05, 0) is 45.3 Å². The molecule has 3 aromatic rings. The van der Waals surface area contributed by atoms with Crippen molar-refractivity contribution in [2.24, 2.45) is 0 Å². The Kier molecular flexibility index (Phi) is 8.20. The molecule has 5 heterocycles. The molecule has 0 bridgehead atoms. The predicted molar refractivity (Wildman–Crippen MR) is 163 cm³/mol. The summed E-state index contributed by atoms with van der Waals surface area (Å²) in [6.45, 7) is 14.1. The van der Waals surface area contributed by atoms with E-state index in [1.165, 1.54) is 0 Å². The molecule has 10 nitrogen and oxygen atoms in total. The molecule has 0 spiro atoms. The Morgan fingerprint density at radius 2 is 1.74 bits per heavy atom. The van der Waals surface area contributed by atoms with E-state index in [4.69, 9.17) is 49.8 Å². The van der Waals surface area contributed by atoms with Crippen molar-refractivity contribution in [3.63, 3.8) is 0 Å². The Hall–Kier alpha value is -2.03. The third-order valence-electron chi connectivity index (χ3n) is 8.65. The molecule has 0 aliphatic carbocycles. The van der Waals surface area contributed by atoms with E-state index < -0.39 is 45.4 Å². The second kappa shape index (κ2) is 11.5. The van der Waals surface area contributed by atoms with Crippen molar-refractivity contribution in [3.05, 3.63) is 35.4 Å². The fourth-order valence-electron chi connectivity index (χ4n) is 5.35. The lowest BCUT2D eigenvalue weighted by atomic mass is 9.79. The largest absolute Gasteiger partial charge is 0.494 e. The molecule has 6 rings (SSSR count). The van der Waals surface area contributed by atoms with Crippen molar-refractivity contribution in [1.82, 2.24) is 14.5 Å². The van der Waals surface area contributed by atoms with Crippen LogP contribution in [-0.2, 0) is 30.3 Å². The van der Waals surface area contributed by atoms with E-state index in [2.05, 4.69) is 13.1 Å². The lowest BCUT2D eigenvalue weighted by Gasteiger charge is -2.32.